The van der Waals surface area contributed by atoms with Crippen LogP contribution in [0, 0.1) is 5.92 Å². The van der Waals surface area contributed by atoms with Crippen molar-refractivity contribution in [2.24, 2.45) is 5.92 Å². The van der Waals surface area contributed by atoms with Gasteiger partial charge in [-0.05, 0) is 11.7 Å². The van der Waals surface area contributed by atoms with E-state index in [2.05, 4.69) is 17.6 Å². The Morgan fingerprint density at radius 2 is 2.53 bits per heavy atom. The average Bonchev–Trinajstić information content (AvgIpc) is 2.84. The summed E-state index contributed by atoms with van der Waals surface area (Å²) >= 11 is 5.89. The Hall–Kier alpha value is -0.550. The number of hydrogen-bond donors (Lipinski definition) is 1. The van der Waals surface area contributed by atoms with E-state index in [1.165, 1.54) is 0 Å². The van der Waals surface area contributed by atoms with Crippen LogP contribution in [0.2, 0.25) is 0 Å². The third kappa shape index (κ3) is 2.72. The fourth-order valence-corrected chi connectivity index (χ4v) is 2.65. The maximum absolute atomic E-state index is 11.6. The smallest absolute Gasteiger partial charge is 0.222 e. The van der Waals surface area contributed by atoms with Crippen molar-refractivity contribution >= 4 is 29.9 Å². The number of thiazole rings is 1. The molecule has 1 amide bonds. The molecule has 2 heterocycles. The highest BCUT2D eigenvalue weighted by Crippen LogP contribution is 2.19. The van der Waals surface area contributed by atoms with Gasteiger partial charge in [0.2, 0.25) is 5.91 Å². The molecule has 15 heavy (non-hydrogen) atoms. The van der Waals surface area contributed by atoms with Crippen LogP contribution in [0.25, 0.3) is 0 Å². The van der Waals surface area contributed by atoms with E-state index >= 15 is 0 Å². The number of nitrogens with zero attached hydrogens (tertiary/aromatic N) is 2. The van der Waals surface area contributed by atoms with Gasteiger partial charge in [0.25, 0.3) is 0 Å². The second-order valence-electron chi connectivity index (χ2n) is 3.77. The van der Waals surface area contributed by atoms with E-state index < -0.39 is 0 Å². The standard InChI is InChI=1S/C10H14N2OS2/c13-10-5-8(7-14)6-12(10)3-1-9-11-2-4-15-9/h2,4,8,14H,1,3,5-7H2. The molecule has 1 saturated heterocycles. The van der Waals surface area contributed by atoms with Crippen molar-refractivity contribution < 1.29 is 4.79 Å². The van der Waals surface area contributed by atoms with Gasteiger partial charge >= 0.3 is 0 Å². The van der Waals surface area contributed by atoms with Gasteiger partial charge in [-0.1, -0.05) is 0 Å². The first kappa shape index (κ1) is 11.0. The Labute approximate surface area is 98.9 Å². The molecule has 5 heteroatoms. The summed E-state index contributed by atoms with van der Waals surface area (Å²) in [6.45, 7) is 1.67. The van der Waals surface area contributed by atoms with Gasteiger partial charge in [-0.3, -0.25) is 4.79 Å². The number of amides is 1. The number of carbonyl (C=O) groups excluding carboxylic acids is 1. The maximum atomic E-state index is 11.6. The molecular weight excluding hydrogens is 228 g/mol. The first-order chi connectivity index (χ1) is 7.29. The summed E-state index contributed by atoms with van der Waals surface area (Å²) < 4.78 is 0. The lowest BCUT2D eigenvalue weighted by Crippen LogP contribution is -2.27. The molecule has 1 unspecified atom stereocenters. The average molecular weight is 242 g/mol. The van der Waals surface area contributed by atoms with E-state index in [4.69, 9.17) is 0 Å². The van der Waals surface area contributed by atoms with E-state index in [0.717, 1.165) is 30.3 Å². The highest BCUT2D eigenvalue weighted by molar-refractivity contribution is 7.80. The highest BCUT2D eigenvalue weighted by Gasteiger charge is 2.28. The summed E-state index contributed by atoms with van der Waals surface area (Å²) in [6.07, 6.45) is 3.35. The molecule has 0 aliphatic carbocycles. The summed E-state index contributed by atoms with van der Waals surface area (Å²) in [5.74, 6) is 1.52. The normalized spacial score (nSPS) is 21.3. The van der Waals surface area contributed by atoms with Gasteiger partial charge in [0.1, 0.15) is 0 Å². The number of hydrogen-bond acceptors (Lipinski definition) is 4. The van der Waals surface area contributed by atoms with Gasteiger partial charge in [-0.25, -0.2) is 4.98 Å². The van der Waals surface area contributed by atoms with Crippen molar-refractivity contribution in [3.05, 3.63) is 16.6 Å². The van der Waals surface area contributed by atoms with Crippen LogP contribution < -0.4 is 0 Å². The Bertz CT molecular complexity index is 326. The Morgan fingerprint density at radius 1 is 1.67 bits per heavy atom. The minimum absolute atomic E-state index is 0.269. The second kappa shape index (κ2) is 4.99. The third-order valence-electron chi connectivity index (χ3n) is 2.63. The van der Waals surface area contributed by atoms with Crippen LogP contribution >= 0.6 is 24.0 Å². The van der Waals surface area contributed by atoms with Crippen molar-refractivity contribution in [1.82, 2.24) is 9.88 Å². The molecule has 1 aromatic heterocycles. The van der Waals surface area contributed by atoms with Crippen molar-refractivity contribution in [3.63, 3.8) is 0 Å². The van der Waals surface area contributed by atoms with Crippen LogP contribution in [0.5, 0.6) is 0 Å². The number of likely N-dealkylation sites (tertiary alicyclic amines) is 1. The lowest BCUT2D eigenvalue weighted by Gasteiger charge is -2.15. The van der Waals surface area contributed by atoms with E-state index in [9.17, 15) is 4.79 Å². The molecule has 2 rings (SSSR count). The van der Waals surface area contributed by atoms with Crippen LogP contribution in [0.4, 0.5) is 0 Å². The predicted molar refractivity (Wildman–Crippen MR) is 64.4 cm³/mol. The van der Waals surface area contributed by atoms with Crippen LogP contribution in [0.15, 0.2) is 11.6 Å². The fraction of sp³-hybridized carbons (Fsp3) is 0.600. The van der Waals surface area contributed by atoms with Crippen LogP contribution in [0.3, 0.4) is 0 Å². The van der Waals surface area contributed by atoms with Crippen LogP contribution in [-0.4, -0.2) is 34.6 Å². The maximum Gasteiger partial charge on any atom is 0.222 e. The second-order valence-corrected chi connectivity index (χ2v) is 5.11. The topological polar surface area (TPSA) is 33.2 Å². The Morgan fingerprint density at radius 3 is 3.13 bits per heavy atom. The number of aromatic nitrogens is 1. The first-order valence-electron chi connectivity index (χ1n) is 5.06. The summed E-state index contributed by atoms with van der Waals surface area (Å²) in [5, 5.41) is 3.08. The quantitative estimate of drug-likeness (QED) is 0.811. The van der Waals surface area contributed by atoms with E-state index in [-0.39, 0.29) is 5.91 Å². The zero-order valence-corrected chi connectivity index (χ0v) is 10.1. The molecule has 1 aromatic rings. The summed E-state index contributed by atoms with van der Waals surface area (Å²) in [4.78, 5) is 17.7. The van der Waals surface area contributed by atoms with Gasteiger partial charge in [0, 0.05) is 37.5 Å². The molecule has 0 N–H and O–H groups in total. The summed E-state index contributed by atoms with van der Waals surface area (Å²) in [6, 6.07) is 0. The van der Waals surface area contributed by atoms with Crippen molar-refractivity contribution in [2.75, 3.05) is 18.8 Å². The molecule has 0 bridgehead atoms. The zero-order valence-electron chi connectivity index (χ0n) is 8.43. The van der Waals surface area contributed by atoms with Gasteiger partial charge in [-0.15, -0.1) is 11.3 Å². The van der Waals surface area contributed by atoms with Crippen LogP contribution in [-0.2, 0) is 11.2 Å². The molecule has 3 nitrogen and oxygen atoms in total. The summed E-state index contributed by atoms with van der Waals surface area (Å²) in [5.41, 5.74) is 0. The number of thiol groups is 1. The minimum Gasteiger partial charge on any atom is -0.342 e. The lowest BCUT2D eigenvalue weighted by atomic mass is 10.1. The molecule has 0 radical (unpaired) electrons. The third-order valence-corrected chi connectivity index (χ3v) is 3.99. The monoisotopic (exact) mass is 242 g/mol. The predicted octanol–water partition coefficient (Wildman–Crippen LogP) is 1.46. The molecule has 1 aliphatic heterocycles. The molecule has 0 saturated carbocycles. The molecule has 1 fully saturated rings. The zero-order chi connectivity index (χ0) is 10.7. The Balaban J connectivity index is 1.83. The van der Waals surface area contributed by atoms with Gasteiger partial charge in [-0.2, -0.15) is 12.6 Å². The molecule has 0 spiro atoms. The van der Waals surface area contributed by atoms with Crippen molar-refractivity contribution in [2.45, 2.75) is 12.8 Å². The molecular formula is C10H14N2OS2. The first-order valence-corrected chi connectivity index (χ1v) is 6.58. The van der Waals surface area contributed by atoms with E-state index in [1.807, 2.05) is 16.5 Å². The van der Waals surface area contributed by atoms with Crippen molar-refractivity contribution in [1.29, 1.82) is 0 Å². The number of rotatable bonds is 4. The summed E-state index contributed by atoms with van der Waals surface area (Å²) in [7, 11) is 0. The van der Waals surface area contributed by atoms with Gasteiger partial charge in [0.15, 0.2) is 0 Å². The van der Waals surface area contributed by atoms with E-state index in [1.54, 1.807) is 11.3 Å². The fourth-order valence-electron chi connectivity index (χ4n) is 1.80. The molecule has 0 aromatic carbocycles. The largest absolute Gasteiger partial charge is 0.342 e. The molecule has 82 valence electrons. The molecule has 1 aliphatic rings. The van der Waals surface area contributed by atoms with E-state index in [0.29, 0.717) is 12.3 Å². The SMILES string of the molecule is O=C1CC(CS)CN1CCc1nccs1. The Kier molecular flexibility index (Phi) is 3.64. The lowest BCUT2D eigenvalue weighted by molar-refractivity contribution is -0.127. The minimum atomic E-state index is 0.269. The van der Waals surface area contributed by atoms with Crippen LogP contribution in [0.1, 0.15) is 11.4 Å². The number of carbonyl (C=O) groups is 1. The van der Waals surface area contributed by atoms with Crippen molar-refractivity contribution in [3.8, 4) is 0 Å². The van der Waals surface area contributed by atoms with Gasteiger partial charge in [0.05, 0.1) is 5.01 Å². The van der Waals surface area contributed by atoms with Gasteiger partial charge < -0.3 is 4.90 Å². The molecule has 1 atom stereocenters. The highest BCUT2D eigenvalue weighted by atomic mass is 32.1.